The van der Waals surface area contributed by atoms with Crippen LogP contribution in [-0.4, -0.2) is 17.2 Å². The lowest BCUT2D eigenvalue weighted by Crippen LogP contribution is -2.11. The van der Waals surface area contributed by atoms with Crippen molar-refractivity contribution in [2.24, 2.45) is 0 Å². The highest BCUT2D eigenvalue weighted by atomic mass is 19.2. The number of halogens is 4. The third kappa shape index (κ3) is 5.57. The van der Waals surface area contributed by atoms with Gasteiger partial charge in [-0.1, -0.05) is 51.2 Å². The number of rotatable bonds is 10. The summed E-state index contributed by atoms with van der Waals surface area (Å²) in [5.41, 5.74) is 0.189. The van der Waals surface area contributed by atoms with Crippen LogP contribution in [0.5, 0.6) is 0 Å². The van der Waals surface area contributed by atoms with Crippen LogP contribution in [0.3, 0.4) is 0 Å². The third-order valence-corrected chi connectivity index (χ3v) is 4.75. The first-order valence-electron chi connectivity index (χ1n) is 9.49. The first-order chi connectivity index (χ1) is 13.3. The van der Waals surface area contributed by atoms with E-state index in [-0.39, 0.29) is 35.1 Å². The zero-order valence-corrected chi connectivity index (χ0v) is 15.8. The normalized spacial score (nSPS) is 12.2. The van der Waals surface area contributed by atoms with Crippen LogP contribution in [0.1, 0.15) is 61.4 Å². The highest BCUT2D eigenvalue weighted by Gasteiger charge is 2.21. The van der Waals surface area contributed by atoms with Crippen LogP contribution in [0.4, 0.5) is 17.6 Å². The summed E-state index contributed by atoms with van der Waals surface area (Å²) in [5, 5.41) is 9.45. The molecule has 2 aromatic rings. The minimum atomic E-state index is -1.60. The molecule has 1 atom stereocenters. The van der Waals surface area contributed by atoms with E-state index >= 15 is 0 Å². The number of unbranched alkanes of at least 4 members (excludes halogenated alkanes) is 4. The van der Waals surface area contributed by atoms with Gasteiger partial charge in [0.15, 0.2) is 17.5 Å². The van der Waals surface area contributed by atoms with Crippen molar-refractivity contribution >= 4 is 5.97 Å². The van der Waals surface area contributed by atoms with Crippen LogP contribution in [-0.2, 0) is 6.42 Å². The van der Waals surface area contributed by atoms with Crippen molar-refractivity contribution < 1.29 is 27.5 Å². The first kappa shape index (κ1) is 21.9. The van der Waals surface area contributed by atoms with Crippen molar-refractivity contribution in [2.75, 3.05) is 0 Å². The minimum Gasteiger partial charge on any atom is -0.478 e. The fourth-order valence-corrected chi connectivity index (χ4v) is 3.28. The van der Waals surface area contributed by atoms with Gasteiger partial charge in [0.1, 0.15) is 6.17 Å². The lowest BCUT2D eigenvalue weighted by molar-refractivity contribution is 0.0695. The van der Waals surface area contributed by atoms with Gasteiger partial charge in [-0.3, -0.25) is 0 Å². The number of benzene rings is 2. The van der Waals surface area contributed by atoms with Gasteiger partial charge in [-0.25, -0.2) is 22.4 Å². The fourth-order valence-electron chi connectivity index (χ4n) is 3.28. The number of alkyl halides is 1. The molecule has 0 radical (unpaired) electrons. The average molecular weight is 396 g/mol. The van der Waals surface area contributed by atoms with Crippen molar-refractivity contribution in [1.82, 2.24) is 0 Å². The Morgan fingerprint density at radius 2 is 1.68 bits per heavy atom. The number of hydrogen-bond acceptors (Lipinski definition) is 1. The molecule has 0 saturated heterocycles. The Labute approximate surface area is 162 Å². The van der Waals surface area contributed by atoms with Crippen LogP contribution >= 0.6 is 0 Å². The largest absolute Gasteiger partial charge is 0.478 e. The van der Waals surface area contributed by atoms with Crippen LogP contribution in [0.25, 0.3) is 11.1 Å². The lowest BCUT2D eigenvalue weighted by Gasteiger charge is -2.16. The number of hydrogen-bond donors (Lipinski definition) is 1. The molecule has 1 unspecified atom stereocenters. The van der Waals surface area contributed by atoms with Gasteiger partial charge in [-0.15, -0.1) is 0 Å². The van der Waals surface area contributed by atoms with Crippen molar-refractivity contribution in [3.8, 4) is 11.1 Å². The molecule has 2 rings (SSSR count). The summed E-state index contributed by atoms with van der Waals surface area (Å²) in [7, 11) is 0. The molecule has 2 aromatic carbocycles. The molecule has 152 valence electrons. The Bertz CT molecular complexity index is 797. The van der Waals surface area contributed by atoms with Gasteiger partial charge in [0.2, 0.25) is 0 Å². The van der Waals surface area contributed by atoms with Crippen molar-refractivity contribution in [3.63, 3.8) is 0 Å². The van der Waals surface area contributed by atoms with Crippen LogP contribution in [0.2, 0.25) is 0 Å². The molecule has 2 nitrogen and oxygen atoms in total. The van der Waals surface area contributed by atoms with E-state index in [0.717, 1.165) is 37.8 Å². The smallest absolute Gasteiger partial charge is 0.335 e. The van der Waals surface area contributed by atoms with Crippen molar-refractivity contribution in [1.29, 1.82) is 0 Å². The second-order valence-electron chi connectivity index (χ2n) is 6.90. The third-order valence-electron chi connectivity index (χ3n) is 4.75. The molecule has 0 spiro atoms. The summed E-state index contributed by atoms with van der Waals surface area (Å²) in [5.74, 6) is -5.62. The molecule has 0 amide bonds. The van der Waals surface area contributed by atoms with E-state index in [1.165, 1.54) is 18.2 Å². The minimum absolute atomic E-state index is 0.0235. The highest BCUT2D eigenvalue weighted by Crippen LogP contribution is 2.31. The molecular weight excluding hydrogens is 372 g/mol. The zero-order chi connectivity index (χ0) is 20.7. The Morgan fingerprint density at radius 1 is 1.04 bits per heavy atom. The van der Waals surface area contributed by atoms with Crippen LogP contribution in [0.15, 0.2) is 30.3 Å². The molecule has 28 heavy (non-hydrogen) atoms. The Morgan fingerprint density at radius 3 is 2.29 bits per heavy atom. The van der Waals surface area contributed by atoms with Crippen molar-refractivity contribution in [3.05, 3.63) is 58.9 Å². The zero-order valence-electron chi connectivity index (χ0n) is 15.8. The van der Waals surface area contributed by atoms with E-state index in [1.54, 1.807) is 0 Å². The molecule has 1 N–H and O–H groups in total. The predicted octanol–water partition coefficient (Wildman–Crippen LogP) is 6.71. The molecule has 0 saturated carbocycles. The quantitative estimate of drug-likeness (QED) is 0.275. The van der Waals surface area contributed by atoms with Gasteiger partial charge in [-0.2, -0.15) is 0 Å². The topological polar surface area (TPSA) is 37.3 Å². The van der Waals surface area contributed by atoms with E-state index in [2.05, 4.69) is 6.92 Å². The second kappa shape index (κ2) is 10.2. The van der Waals surface area contributed by atoms with Gasteiger partial charge >= 0.3 is 5.97 Å². The summed E-state index contributed by atoms with van der Waals surface area (Å²) in [6.45, 7) is 2.09. The Kier molecular flexibility index (Phi) is 8.03. The molecule has 0 bridgehead atoms. The molecule has 0 aliphatic rings. The fraction of sp³-hybridized carbons (Fsp3) is 0.409. The summed E-state index contributed by atoms with van der Waals surface area (Å²) in [6, 6.07) is 5.79. The SMILES string of the molecule is CCCCCCCC(F)Cc1c(C(=O)O)cccc1-c1cc(F)c(F)c(F)c1. The van der Waals surface area contributed by atoms with Gasteiger partial charge in [0, 0.05) is 6.42 Å². The summed E-state index contributed by atoms with van der Waals surface area (Å²) in [4.78, 5) is 11.6. The average Bonchev–Trinajstić information content (AvgIpc) is 2.65. The first-order valence-corrected chi connectivity index (χ1v) is 9.49. The van der Waals surface area contributed by atoms with Gasteiger partial charge in [0.05, 0.1) is 5.56 Å². The number of carbonyl (C=O) groups is 1. The molecular formula is C22H24F4O2. The number of carboxylic acids is 1. The van der Waals surface area contributed by atoms with Crippen LogP contribution in [0, 0.1) is 17.5 Å². The van der Waals surface area contributed by atoms with E-state index in [0.29, 0.717) is 6.42 Å². The van der Waals surface area contributed by atoms with E-state index < -0.39 is 29.6 Å². The lowest BCUT2D eigenvalue weighted by atomic mass is 9.90. The maximum absolute atomic E-state index is 14.6. The van der Waals surface area contributed by atoms with E-state index in [9.17, 15) is 27.5 Å². The molecule has 0 aliphatic heterocycles. The van der Waals surface area contributed by atoms with Crippen molar-refractivity contribution in [2.45, 2.75) is 58.0 Å². The summed E-state index contributed by atoms with van der Waals surface area (Å²) >= 11 is 0. The molecule has 0 aromatic heterocycles. The molecule has 0 aliphatic carbocycles. The number of aromatic carboxylic acids is 1. The van der Waals surface area contributed by atoms with Gasteiger partial charge < -0.3 is 5.11 Å². The summed E-state index contributed by atoms with van der Waals surface area (Å²) in [6.07, 6.45) is 3.59. The second-order valence-corrected chi connectivity index (χ2v) is 6.90. The summed E-state index contributed by atoms with van der Waals surface area (Å²) < 4.78 is 55.1. The molecule has 0 heterocycles. The monoisotopic (exact) mass is 396 g/mol. The standard InChI is InChI=1S/C22H24F4O2/c1-2-3-4-5-6-8-15(23)13-18-16(9-7-10-17(18)22(27)28)14-11-19(24)21(26)20(25)12-14/h7,9-12,15H,2-6,8,13H2,1H3,(H,27,28). The van der Waals surface area contributed by atoms with Crippen LogP contribution < -0.4 is 0 Å². The maximum atomic E-state index is 14.6. The van der Waals surface area contributed by atoms with Gasteiger partial charge in [0.25, 0.3) is 0 Å². The number of carboxylic acid groups (broad SMARTS) is 1. The maximum Gasteiger partial charge on any atom is 0.335 e. The highest BCUT2D eigenvalue weighted by molar-refractivity contribution is 5.92. The molecule has 0 fully saturated rings. The van der Waals surface area contributed by atoms with E-state index in [4.69, 9.17) is 0 Å². The van der Waals surface area contributed by atoms with E-state index in [1.807, 2.05) is 0 Å². The molecule has 6 heteroatoms. The Balaban J connectivity index is 2.30. The predicted molar refractivity (Wildman–Crippen MR) is 101 cm³/mol. The van der Waals surface area contributed by atoms with Gasteiger partial charge in [-0.05, 0) is 41.3 Å². The Hall–Kier alpha value is -2.37.